The Labute approximate surface area is 220 Å². The van der Waals surface area contributed by atoms with Crippen molar-refractivity contribution in [2.24, 2.45) is 0 Å². The maximum atomic E-state index is 12.1. The van der Waals surface area contributed by atoms with E-state index < -0.39 is 5.60 Å². The third kappa shape index (κ3) is 6.37. The minimum absolute atomic E-state index is 0.126. The molecule has 194 valence electrons. The summed E-state index contributed by atoms with van der Waals surface area (Å²) >= 11 is 1.72. The largest absolute Gasteiger partial charge is 0.444 e. The molecule has 0 bridgehead atoms. The van der Waals surface area contributed by atoms with Crippen LogP contribution in [0.25, 0.3) is 17.0 Å². The molecule has 4 aromatic heterocycles. The van der Waals surface area contributed by atoms with Crippen LogP contribution in [0.2, 0.25) is 0 Å². The highest BCUT2D eigenvalue weighted by atomic mass is 32.1. The molecule has 0 spiro atoms. The quantitative estimate of drug-likeness (QED) is 0.287. The second-order valence-corrected chi connectivity index (χ2v) is 11.3. The molecule has 0 radical (unpaired) electrons. The standard InChI is InChI=1S/C27H33N7O2S/c1-27(2,3)36-26(35)32-19-11-9-18(10-12-19)31-24-25-30-17-22(34(25)14-13-28-24)21-7-4-8-23(33-21)29-16-20-6-5-15-37-20/h4-8,13-15,17-19H,9-12,16H2,1-3H3,(H,28,31)(H,29,33)(H,32,35)/t18-,19-. The fraction of sp³-hybridized carbons (Fsp3) is 0.407. The van der Waals surface area contributed by atoms with Gasteiger partial charge in [-0.15, -0.1) is 11.3 Å². The van der Waals surface area contributed by atoms with Crippen LogP contribution in [0.1, 0.15) is 51.3 Å². The number of imidazole rings is 1. The Morgan fingerprint density at radius 3 is 2.68 bits per heavy atom. The predicted molar refractivity (Wildman–Crippen MR) is 147 cm³/mol. The first-order valence-electron chi connectivity index (χ1n) is 12.7. The van der Waals surface area contributed by atoms with Crippen molar-refractivity contribution in [3.05, 3.63) is 59.2 Å². The van der Waals surface area contributed by atoms with Crippen molar-refractivity contribution in [1.29, 1.82) is 0 Å². The van der Waals surface area contributed by atoms with Crippen molar-refractivity contribution in [3.8, 4) is 11.4 Å². The molecule has 1 aliphatic carbocycles. The van der Waals surface area contributed by atoms with E-state index in [9.17, 15) is 4.79 Å². The van der Waals surface area contributed by atoms with E-state index in [0.29, 0.717) is 0 Å². The van der Waals surface area contributed by atoms with Crippen LogP contribution in [0.4, 0.5) is 16.4 Å². The Balaban J connectivity index is 1.23. The molecule has 0 unspecified atom stereocenters. The molecule has 0 saturated heterocycles. The molecule has 0 atom stereocenters. The molecule has 1 fully saturated rings. The van der Waals surface area contributed by atoms with Crippen LogP contribution in [0.3, 0.4) is 0 Å². The van der Waals surface area contributed by atoms with E-state index in [-0.39, 0.29) is 18.2 Å². The first kappa shape index (κ1) is 25.0. The van der Waals surface area contributed by atoms with Crippen molar-refractivity contribution in [2.75, 3.05) is 10.6 Å². The molecule has 1 saturated carbocycles. The maximum absolute atomic E-state index is 12.1. The number of anilines is 2. The summed E-state index contributed by atoms with van der Waals surface area (Å²) in [7, 11) is 0. The van der Waals surface area contributed by atoms with Crippen molar-refractivity contribution < 1.29 is 9.53 Å². The lowest BCUT2D eigenvalue weighted by atomic mass is 9.91. The van der Waals surface area contributed by atoms with Crippen LogP contribution in [-0.2, 0) is 11.3 Å². The lowest BCUT2D eigenvalue weighted by Crippen LogP contribution is -2.42. The molecular weight excluding hydrogens is 486 g/mol. The molecule has 9 nitrogen and oxygen atoms in total. The van der Waals surface area contributed by atoms with Crippen LogP contribution in [0.15, 0.2) is 54.3 Å². The van der Waals surface area contributed by atoms with Gasteiger partial charge in [0.25, 0.3) is 0 Å². The van der Waals surface area contributed by atoms with Gasteiger partial charge < -0.3 is 20.7 Å². The van der Waals surface area contributed by atoms with Crippen molar-refractivity contribution >= 4 is 34.7 Å². The van der Waals surface area contributed by atoms with Gasteiger partial charge in [-0.25, -0.2) is 19.7 Å². The van der Waals surface area contributed by atoms with Gasteiger partial charge in [0.2, 0.25) is 0 Å². The number of nitrogens with one attached hydrogen (secondary N) is 3. The minimum Gasteiger partial charge on any atom is -0.444 e. The summed E-state index contributed by atoms with van der Waals surface area (Å²) in [6, 6.07) is 10.5. The zero-order valence-electron chi connectivity index (χ0n) is 21.4. The lowest BCUT2D eigenvalue weighted by Gasteiger charge is -2.30. The number of ether oxygens (including phenoxy) is 1. The number of hydrogen-bond donors (Lipinski definition) is 3. The molecule has 4 aromatic rings. The maximum Gasteiger partial charge on any atom is 0.407 e. The van der Waals surface area contributed by atoms with Gasteiger partial charge in [0.05, 0.1) is 24.1 Å². The van der Waals surface area contributed by atoms with E-state index in [1.807, 2.05) is 55.8 Å². The molecular formula is C27H33N7O2S. The number of carbonyl (C=O) groups excluding carboxylic acids is 1. The highest BCUT2D eigenvalue weighted by Crippen LogP contribution is 2.27. The minimum atomic E-state index is -0.492. The highest BCUT2D eigenvalue weighted by molar-refractivity contribution is 7.09. The normalized spacial score (nSPS) is 17.9. The molecule has 4 heterocycles. The number of fused-ring (bicyclic) bond motifs is 1. The SMILES string of the molecule is CC(C)(C)OC(=O)N[C@H]1CC[C@H](Nc2nccn3c(-c4cccc(NCc5cccs5)n4)cnc23)CC1. The van der Waals surface area contributed by atoms with E-state index in [1.54, 1.807) is 17.5 Å². The molecule has 10 heteroatoms. The number of carbonyl (C=O) groups is 1. The average Bonchev–Trinajstić information content (AvgIpc) is 3.54. The van der Waals surface area contributed by atoms with Gasteiger partial charge in [-0.2, -0.15) is 0 Å². The topological polar surface area (TPSA) is 105 Å². The Morgan fingerprint density at radius 1 is 1.11 bits per heavy atom. The van der Waals surface area contributed by atoms with Gasteiger partial charge >= 0.3 is 6.09 Å². The number of thiophene rings is 1. The molecule has 0 aromatic carbocycles. The van der Waals surface area contributed by atoms with Crippen LogP contribution in [0.5, 0.6) is 0 Å². The Hall–Kier alpha value is -3.66. The third-order valence-electron chi connectivity index (χ3n) is 6.25. The smallest absolute Gasteiger partial charge is 0.407 e. The fourth-order valence-corrected chi connectivity index (χ4v) is 5.17. The second-order valence-electron chi connectivity index (χ2n) is 10.3. The van der Waals surface area contributed by atoms with Gasteiger partial charge in [0.1, 0.15) is 11.4 Å². The lowest BCUT2D eigenvalue weighted by molar-refractivity contribution is 0.0492. The fourth-order valence-electron chi connectivity index (χ4n) is 4.53. The summed E-state index contributed by atoms with van der Waals surface area (Å²) < 4.78 is 7.42. The monoisotopic (exact) mass is 519 g/mol. The van der Waals surface area contributed by atoms with E-state index in [4.69, 9.17) is 9.72 Å². The summed E-state index contributed by atoms with van der Waals surface area (Å²) in [5.74, 6) is 1.58. The molecule has 37 heavy (non-hydrogen) atoms. The summed E-state index contributed by atoms with van der Waals surface area (Å²) in [6.45, 7) is 6.36. The van der Waals surface area contributed by atoms with E-state index >= 15 is 0 Å². The van der Waals surface area contributed by atoms with E-state index in [2.05, 4.69) is 43.4 Å². The number of aromatic nitrogens is 4. The van der Waals surface area contributed by atoms with Crippen LogP contribution < -0.4 is 16.0 Å². The Morgan fingerprint density at radius 2 is 1.92 bits per heavy atom. The van der Waals surface area contributed by atoms with Gasteiger partial charge in [-0.05, 0) is 70.0 Å². The van der Waals surface area contributed by atoms with Crippen LogP contribution in [-0.4, -0.2) is 43.1 Å². The average molecular weight is 520 g/mol. The van der Waals surface area contributed by atoms with Gasteiger partial charge in [0, 0.05) is 29.4 Å². The van der Waals surface area contributed by atoms with Gasteiger partial charge in [-0.3, -0.25) is 4.40 Å². The molecule has 1 aliphatic rings. The number of nitrogens with zero attached hydrogens (tertiary/aromatic N) is 4. The third-order valence-corrected chi connectivity index (χ3v) is 7.13. The summed E-state index contributed by atoms with van der Waals surface area (Å²) in [4.78, 5) is 27.4. The Bertz CT molecular complexity index is 1340. The number of amides is 1. The van der Waals surface area contributed by atoms with Crippen molar-refractivity contribution in [3.63, 3.8) is 0 Å². The number of hydrogen-bond acceptors (Lipinski definition) is 8. The zero-order valence-corrected chi connectivity index (χ0v) is 22.2. The second kappa shape index (κ2) is 10.8. The molecule has 5 rings (SSSR count). The van der Waals surface area contributed by atoms with Crippen LogP contribution >= 0.6 is 11.3 Å². The Kier molecular flexibility index (Phi) is 7.27. The zero-order chi connectivity index (χ0) is 25.8. The summed E-state index contributed by atoms with van der Waals surface area (Å²) in [5, 5.41) is 12.1. The van der Waals surface area contributed by atoms with E-state index in [0.717, 1.165) is 60.9 Å². The van der Waals surface area contributed by atoms with Crippen molar-refractivity contribution in [2.45, 2.75) is 70.7 Å². The van der Waals surface area contributed by atoms with Gasteiger partial charge in [0.15, 0.2) is 11.5 Å². The molecule has 3 N–H and O–H groups in total. The number of pyridine rings is 1. The summed E-state index contributed by atoms with van der Waals surface area (Å²) in [6.07, 6.45) is 8.82. The van der Waals surface area contributed by atoms with Crippen molar-refractivity contribution in [1.82, 2.24) is 24.7 Å². The molecule has 1 amide bonds. The number of alkyl carbamates (subject to hydrolysis) is 1. The number of rotatable bonds is 7. The highest BCUT2D eigenvalue weighted by Gasteiger charge is 2.25. The first-order valence-corrected chi connectivity index (χ1v) is 13.5. The summed E-state index contributed by atoms with van der Waals surface area (Å²) in [5.41, 5.74) is 2.03. The van der Waals surface area contributed by atoms with Gasteiger partial charge in [-0.1, -0.05) is 12.1 Å². The molecule has 0 aliphatic heterocycles. The van der Waals surface area contributed by atoms with E-state index in [1.165, 1.54) is 4.88 Å². The van der Waals surface area contributed by atoms with Crippen LogP contribution in [0, 0.1) is 0 Å². The first-order chi connectivity index (χ1) is 17.8. The predicted octanol–water partition coefficient (Wildman–Crippen LogP) is 5.71.